The van der Waals surface area contributed by atoms with E-state index in [-0.39, 0.29) is 11.2 Å². The zero-order valence-corrected chi connectivity index (χ0v) is 27.1. The fraction of sp³-hybridized carbons (Fsp3) is 0.250. The molecule has 4 nitrogen and oxygen atoms in total. The van der Waals surface area contributed by atoms with E-state index in [1.807, 2.05) is 11.3 Å². The third-order valence-corrected chi connectivity index (χ3v) is 11.5. The molecule has 1 aliphatic rings. The third-order valence-electron chi connectivity index (χ3n) is 8.31. The molecule has 0 saturated carbocycles. The van der Waals surface area contributed by atoms with Crippen LogP contribution in [0.3, 0.4) is 0 Å². The first kappa shape index (κ1) is 29.7. The van der Waals surface area contributed by atoms with Crippen molar-refractivity contribution in [1.82, 2.24) is 0 Å². The molecule has 0 spiro atoms. The van der Waals surface area contributed by atoms with Crippen molar-refractivity contribution in [3.8, 4) is 20.2 Å². The van der Waals surface area contributed by atoms with Crippen LogP contribution in [0.25, 0.3) is 37.0 Å². The van der Waals surface area contributed by atoms with Crippen LogP contribution >= 0.6 is 22.7 Å². The summed E-state index contributed by atoms with van der Waals surface area (Å²) in [5, 5.41) is 2.44. The number of thiophene rings is 2. The van der Waals surface area contributed by atoms with E-state index in [0.29, 0.717) is 19.4 Å². The number of unbranched alkanes of at least 4 members (excludes halogenated alkanes) is 1. The Bertz CT molecular complexity index is 1960. The standard InChI is InChI=1S/C36H35NO3S3/c1-4-25-11-13-27(14-12-25)31-20-21-33(42-31)32-19-16-28(41-32)17-22-34-36(2,3)35-29-10-6-5-9-26(29)15-18-30(35)37(34)23-7-8-24-43(38,39)40/h5-6,9-22H,4,7-8,23-24H2,1-3H3/b22-17+. The molecule has 6 rings (SSSR count). The Morgan fingerprint density at radius 2 is 1.53 bits per heavy atom. The summed E-state index contributed by atoms with van der Waals surface area (Å²) < 4.78 is 36.0. The molecule has 0 radical (unpaired) electrons. The van der Waals surface area contributed by atoms with Gasteiger partial charge in [-0.1, -0.05) is 55.5 Å². The van der Waals surface area contributed by atoms with Gasteiger partial charge in [-0.05, 0) is 85.0 Å². The summed E-state index contributed by atoms with van der Waals surface area (Å²) in [7, 11) is -4.22. The minimum absolute atomic E-state index is 0.257. The topological polar surface area (TPSA) is 60.2 Å². The van der Waals surface area contributed by atoms with Crippen LogP contribution < -0.4 is 0 Å². The van der Waals surface area contributed by atoms with Crippen LogP contribution in [-0.4, -0.2) is 35.6 Å². The highest BCUT2D eigenvalue weighted by atomic mass is 32.2. The smallest absolute Gasteiger partial charge is 0.210 e. The first-order valence-electron chi connectivity index (χ1n) is 14.7. The molecular weight excluding hydrogens is 591 g/mol. The minimum atomic E-state index is -4.22. The van der Waals surface area contributed by atoms with Crippen molar-refractivity contribution in [2.24, 2.45) is 0 Å². The van der Waals surface area contributed by atoms with Gasteiger partial charge < -0.3 is 4.55 Å². The molecule has 7 heteroatoms. The van der Waals surface area contributed by atoms with E-state index in [2.05, 4.69) is 122 Å². The maximum Gasteiger partial charge on any atom is 0.210 e. The van der Waals surface area contributed by atoms with E-state index in [0.717, 1.165) is 12.1 Å². The van der Waals surface area contributed by atoms with E-state index in [4.69, 9.17) is 0 Å². The van der Waals surface area contributed by atoms with E-state index in [9.17, 15) is 13.0 Å². The Morgan fingerprint density at radius 1 is 0.814 bits per heavy atom. The zero-order valence-electron chi connectivity index (χ0n) is 24.7. The molecule has 0 aliphatic carbocycles. The Kier molecular flexibility index (Phi) is 8.26. The number of hydrogen-bond donors (Lipinski definition) is 0. The van der Waals surface area contributed by atoms with Crippen molar-refractivity contribution in [1.29, 1.82) is 0 Å². The lowest BCUT2D eigenvalue weighted by Crippen LogP contribution is -2.28. The number of nitrogens with zero attached hydrogens (tertiary/aromatic N) is 1. The number of hydrogen-bond acceptors (Lipinski definition) is 5. The average molecular weight is 626 g/mol. The van der Waals surface area contributed by atoms with Crippen molar-refractivity contribution >= 4 is 61.0 Å². The van der Waals surface area contributed by atoms with Gasteiger partial charge in [-0.2, -0.15) is 4.58 Å². The Labute approximate surface area is 262 Å². The fourth-order valence-electron chi connectivity index (χ4n) is 6.09. The van der Waals surface area contributed by atoms with Gasteiger partial charge >= 0.3 is 0 Å². The van der Waals surface area contributed by atoms with Gasteiger partial charge in [0.1, 0.15) is 6.54 Å². The van der Waals surface area contributed by atoms with Crippen LogP contribution in [0.2, 0.25) is 0 Å². The Hall–Kier alpha value is -3.36. The summed E-state index contributed by atoms with van der Waals surface area (Å²) in [5.41, 5.74) is 5.96. The molecule has 220 valence electrons. The number of fused-ring (bicyclic) bond motifs is 3. The lowest BCUT2D eigenvalue weighted by Gasteiger charge is -2.17. The van der Waals surface area contributed by atoms with Crippen molar-refractivity contribution in [3.05, 3.63) is 107 Å². The van der Waals surface area contributed by atoms with Gasteiger partial charge in [0.05, 0.1) is 15.5 Å². The van der Waals surface area contributed by atoms with Crippen molar-refractivity contribution in [2.75, 3.05) is 12.3 Å². The van der Waals surface area contributed by atoms with Gasteiger partial charge in [0, 0.05) is 49.4 Å². The average Bonchev–Trinajstić information content (AvgIpc) is 3.71. The molecule has 0 N–H and O–H groups in total. The molecule has 2 aromatic heterocycles. The largest absolute Gasteiger partial charge is 0.748 e. The highest BCUT2D eigenvalue weighted by Crippen LogP contribution is 2.45. The maximum atomic E-state index is 11.2. The van der Waals surface area contributed by atoms with Gasteiger partial charge in [-0.15, -0.1) is 22.7 Å². The monoisotopic (exact) mass is 625 g/mol. The summed E-state index contributed by atoms with van der Waals surface area (Å²) in [6.07, 6.45) is 6.44. The molecule has 0 amide bonds. The summed E-state index contributed by atoms with van der Waals surface area (Å²) in [4.78, 5) is 4.97. The van der Waals surface area contributed by atoms with Crippen molar-refractivity contribution < 1.29 is 17.5 Å². The van der Waals surface area contributed by atoms with Gasteiger partial charge in [0.2, 0.25) is 5.69 Å². The SMILES string of the molecule is CCc1ccc(-c2ccc(-c3ccc(/C=C/C4=[N+](CCCCS(=O)(=O)[O-])c5ccc6ccccc6c5C4(C)C)s3)s2)cc1. The molecular formula is C36H35NO3S3. The van der Waals surface area contributed by atoms with E-state index in [1.54, 1.807) is 11.3 Å². The zero-order chi connectivity index (χ0) is 30.2. The second kappa shape index (κ2) is 12.0. The number of benzene rings is 3. The number of allylic oxidation sites excluding steroid dienone is 1. The Balaban J connectivity index is 1.29. The van der Waals surface area contributed by atoms with Crippen LogP contribution in [0.15, 0.2) is 91.0 Å². The van der Waals surface area contributed by atoms with Crippen LogP contribution in [0.4, 0.5) is 5.69 Å². The third kappa shape index (κ3) is 6.18. The van der Waals surface area contributed by atoms with Gasteiger partial charge in [-0.3, -0.25) is 0 Å². The quantitative estimate of drug-likeness (QED) is 0.0883. The molecule has 0 bridgehead atoms. The molecule has 0 saturated heterocycles. The second-order valence-corrected chi connectivity index (χ2v) is 15.3. The Morgan fingerprint density at radius 3 is 2.30 bits per heavy atom. The summed E-state index contributed by atoms with van der Waals surface area (Å²) in [6, 6.07) is 30.5. The molecule has 0 unspecified atom stereocenters. The fourth-order valence-corrected chi connectivity index (χ4v) is 8.66. The molecule has 0 fully saturated rings. The lowest BCUT2D eigenvalue weighted by atomic mass is 9.79. The van der Waals surface area contributed by atoms with E-state index in [1.165, 1.54) is 52.7 Å². The lowest BCUT2D eigenvalue weighted by molar-refractivity contribution is -0.438. The predicted octanol–water partition coefficient (Wildman–Crippen LogP) is 9.27. The highest BCUT2D eigenvalue weighted by molar-refractivity contribution is 7.85. The normalized spacial score (nSPS) is 14.7. The van der Waals surface area contributed by atoms with Crippen molar-refractivity contribution in [3.63, 3.8) is 0 Å². The summed E-state index contributed by atoms with van der Waals surface area (Å²) >= 11 is 3.61. The van der Waals surface area contributed by atoms with Gasteiger partial charge in [0.25, 0.3) is 0 Å². The van der Waals surface area contributed by atoms with Gasteiger partial charge in [-0.25, -0.2) is 8.42 Å². The molecule has 3 aromatic carbocycles. The predicted molar refractivity (Wildman–Crippen MR) is 182 cm³/mol. The molecule has 3 heterocycles. The van der Waals surface area contributed by atoms with Crippen LogP contribution in [0.1, 0.15) is 49.6 Å². The molecule has 1 aliphatic heterocycles. The van der Waals surface area contributed by atoms with Crippen molar-refractivity contribution in [2.45, 2.75) is 45.4 Å². The number of aryl methyl sites for hydroxylation is 1. The second-order valence-electron chi connectivity index (χ2n) is 11.6. The van der Waals surface area contributed by atoms with Gasteiger partial charge in [0.15, 0.2) is 5.71 Å². The minimum Gasteiger partial charge on any atom is -0.748 e. The first-order valence-corrected chi connectivity index (χ1v) is 17.9. The summed E-state index contributed by atoms with van der Waals surface area (Å²) in [5.74, 6) is -0.327. The highest BCUT2D eigenvalue weighted by Gasteiger charge is 2.45. The van der Waals surface area contributed by atoms with Crippen LogP contribution in [0.5, 0.6) is 0 Å². The summed E-state index contributed by atoms with van der Waals surface area (Å²) in [6.45, 7) is 7.36. The van der Waals surface area contributed by atoms with E-state index < -0.39 is 10.1 Å². The molecule has 43 heavy (non-hydrogen) atoms. The maximum absolute atomic E-state index is 11.2. The molecule has 5 aromatic rings. The van der Waals surface area contributed by atoms with Crippen LogP contribution in [0, 0.1) is 0 Å². The number of rotatable bonds is 10. The first-order chi connectivity index (χ1) is 20.6. The molecule has 0 atom stereocenters. The van der Waals surface area contributed by atoms with E-state index >= 15 is 0 Å². The van der Waals surface area contributed by atoms with Crippen LogP contribution in [-0.2, 0) is 22.0 Å².